The average Bonchev–Trinajstić information content (AvgIpc) is 2.72. The van der Waals surface area contributed by atoms with Gasteiger partial charge in [-0.25, -0.2) is 0 Å². The molecule has 0 aliphatic rings. The van der Waals surface area contributed by atoms with Crippen molar-refractivity contribution >= 4 is 21.3 Å². The largest absolute Gasteiger partial charge is 0.506 e. The molecule has 0 saturated carbocycles. The molecule has 11 heteroatoms. The highest BCUT2D eigenvalue weighted by molar-refractivity contribution is 7.79. The number of fused-ring (bicyclic) bond motifs is 1. The van der Waals surface area contributed by atoms with Crippen LogP contribution in [-0.2, 0) is 16.8 Å². The number of aliphatic hydroxyl groups is 1. The molecular formula is C21H26N2O8S. The van der Waals surface area contributed by atoms with Crippen molar-refractivity contribution in [3.8, 4) is 11.5 Å². The molecule has 0 fully saturated rings. The lowest BCUT2D eigenvalue weighted by Gasteiger charge is -2.19. The smallest absolute Gasteiger partial charge is 0.394 e. The fourth-order valence-electron chi connectivity index (χ4n) is 3.16. The fraction of sp³-hybridized carbons (Fsp3) is 0.286. The number of aromatic hydroxyl groups is 1. The van der Waals surface area contributed by atoms with Gasteiger partial charge in [0, 0.05) is 24.0 Å². The van der Waals surface area contributed by atoms with Crippen molar-refractivity contribution in [3.05, 3.63) is 70.0 Å². The number of nitrogens with one attached hydrogen (secondary N) is 2. The van der Waals surface area contributed by atoms with Crippen molar-refractivity contribution in [1.82, 2.24) is 10.3 Å². The molecule has 0 radical (unpaired) electrons. The Morgan fingerprint density at radius 2 is 1.69 bits per heavy atom. The van der Waals surface area contributed by atoms with Crippen molar-refractivity contribution in [2.75, 3.05) is 13.7 Å². The van der Waals surface area contributed by atoms with Gasteiger partial charge in [-0.15, -0.1) is 0 Å². The van der Waals surface area contributed by atoms with Crippen LogP contribution in [0.25, 0.3) is 10.9 Å². The zero-order valence-electron chi connectivity index (χ0n) is 17.5. The Balaban J connectivity index is 0.000000654. The number of aromatic amines is 1. The Morgan fingerprint density at radius 1 is 1.06 bits per heavy atom. The van der Waals surface area contributed by atoms with E-state index in [0.29, 0.717) is 23.0 Å². The molecule has 2 aromatic carbocycles. The van der Waals surface area contributed by atoms with Crippen molar-refractivity contribution in [3.63, 3.8) is 0 Å². The first-order valence-electron chi connectivity index (χ1n) is 9.57. The molecular weight excluding hydrogens is 440 g/mol. The first-order valence-corrected chi connectivity index (χ1v) is 11.0. The van der Waals surface area contributed by atoms with Crippen LogP contribution in [0.3, 0.4) is 0 Å². The van der Waals surface area contributed by atoms with E-state index in [1.807, 2.05) is 24.3 Å². The number of hydrogen-bond donors (Lipinski definition) is 6. The summed E-state index contributed by atoms with van der Waals surface area (Å²) in [4.78, 5) is 14.1. The predicted molar refractivity (Wildman–Crippen MR) is 120 cm³/mol. The summed E-state index contributed by atoms with van der Waals surface area (Å²) in [6.45, 7) is 2.42. The quantitative estimate of drug-likeness (QED) is 0.284. The highest BCUT2D eigenvalue weighted by Crippen LogP contribution is 2.28. The number of methoxy groups -OCH3 is 1. The van der Waals surface area contributed by atoms with Gasteiger partial charge in [-0.2, -0.15) is 8.42 Å². The van der Waals surface area contributed by atoms with E-state index >= 15 is 0 Å². The van der Waals surface area contributed by atoms with Crippen LogP contribution < -0.4 is 15.6 Å². The summed E-state index contributed by atoms with van der Waals surface area (Å²) in [5, 5.41) is 24.5. The number of phenolic OH excluding ortho intramolecular Hbond substituents is 1. The minimum absolute atomic E-state index is 0.0144. The molecule has 0 spiro atoms. The van der Waals surface area contributed by atoms with E-state index in [1.54, 1.807) is 19.2 Å². The third kappa shape index (κ3) is 7.94. The first kappa shape index (κ1) is 25.3. The number of H-pyrrole nitrogens is 1. The summed E-state index contributed by atoms with van der Waals surface area (Å²) >= 11 is 0. The Hall–Kier alpha value is -2.96. The number of benzene rings is 2. The van der Waals surface area contributed by atoms with Gasteiger partial charge in [-0.1, -0.05) is 18.2 Å². The number of hydrogen-bond acceptors (Lipinski definition) is 7. The van der Waals surface area contributed by atoms with Gasteiger partial charge in [0.1, 0.15) is 11.5 Å². The highest BCUT2D eigenvalue weighted by atomic mass is 32.3. The fourth-order valence-corrected chi connectivity index (χ4v) is 3.16. The molecule has 32 heavy (non-hydrogen) atoms. The van der Waals surface area contributed by atoms with Gasteiger partial charge in [0.05, 0.1) is 18.7 Å². The molecule has 174 valence electrons. The minimum Gasteiger partial charge on any atom is -0.506 e. The third-order valence-electron chi connectivity index (χ3n) is 4.63. The predicted octanol–water partition coefficient (Wildman–Crippen LogP) is 1.84. The van der Waals surface area contributed by atoms with Crippen LogP contribution in [0.4, 0.5) is 0 Å². The number of aromatic nitrogens is 1. The molecule has 3 rings (SSSR count). The maximum atomic E-state index is 11.5. The van der Waals surface area contributed by atoms with Gasteiger partial charge in [-0.05, 0) is 48.7 Å². The minimum atomic E-state index is -4.67. The summed E-state index contributed by atoms with van der Waals surface area (Å²) in [5.74, 6) is 0.812. The van der Waals surface area contributed by atoms with Crippen molar-refractivity contribution in [2.45, 2.75) is 25.5 Å². The van der Waals surface area contributed by atoms with Crippen LogP contribution in [0.1, 0.15) is 24.2 Å². The monoisotopic (exact) mass is 466 g/mol. The lowest BCUT2D eigenvalue weighted by atomic mass is 10.0. The molecule has 0 aliphatic heterocycles. The third-order valence-corrected chi connectivity index (χ3v) is 4.63. The Kier molecular flexibility index (Phi) is 8.75. The summed E-state index contributed by atoms with van der Waals surface area (Å²) in [6, 6.07) is 14.2. The molecule has 2 atom stereocenters. The number of rotatable bonds is 7. The Morgan fingerprint density at radius 3 is 2.28 bits per heavy atom. The second kappa shape index (κ2) is 11.1. The molecule has 0 bridgehead atoms. The van der Waals surface area contributed by atoms with Crippen LogP contribution in [0.2, 0.25) is 0 Å². The number of aliphatic hydroxyl groups excluding tert-OH is 1. The summed E-state index contributed by atoms with van der Waals surface area (Å²) in [5.41, 5.74) is 1.88. The maximum absolute atomic E-state index is 11.5. The van der Waals surface area contributed by atoms with E-state index in [9.17, 15) is 15.0 Å². The first-order chi connectivity index (χ1) is 15.0. The van der Waals surface area contributed by atoms with Gasteiger partial charge in [0.15, 0.2) is 0 Å². The van der Waals surface area contributed by atoms with E-state index in [0.717, 1.165) is 12.2 Å². The Labute approximate surface area is 185 Å². The normalized spacial score (nSPS) is 13.2. The molecule has 1 aromatic heterocycles. The zero-order valence-corrected chi connectivity index (χ0v) is 18.3. The molecule has 10 nitrogen and oxygen atoms in total. The van der Waals surface area contributed by atoms with Crippen LogP contribution in [0.15, 0.2) is 53.3 Å². The standard InChI is InChI=1S/C21H24N2O4.H2O4S/c1-13(11-14-3-5-15(27-2)6-4-14)22-12-19(25)16-7-9-18(24)21-17(16)8-10-20(26)23-21;1-5(2,3)4/h3-10,13,19,22,24-25H,11-12H2,1-2H3,(H,23,26);(H2,1,2,3,4)/t13-,19+;/m1./s1. The van der Waals surface area contributed by atoms with Crippen LogP contribution in [0, 0.1) is 0 Å². The van der Waals surface area contributed by atoms with Gasteiger partial charge >= 0.3 is 10.4 Å². The van der Waals surface area contributed by atoms with Crippen LogP contribution in [-0.4, -0.2) is 52.4 Å². The summed E-state index contributed by atoms with van der Waals surface area (Å²) in [7, 11) is -3.02. The van der Waals surface area contributed by atoms with Crippen LogP contribution in [0.5, 0.6) is 11.5 Å². The van der Waals surface area contributed by atoms with Gasteiger partial charge in [0.25, 0.3) is 0 Å². The molecule has 6 N–H and O–H groups in total. The molecule has 0 unspecified atom stereocenters. The molecule has 3 aromatic rings. The highest BCUT2D eigenvalue weighted by Gasteiger charge is 2.15. The summed E-state index contributed by atoms with van der Waals surface area (Å²) < 4.78 is 36.7. The number of phenols is 1. The lowest BCUT2D eigenvalue weighted by molar-refractivity contribution is 0.172. The SMILES string of the molecule is COc1ccc(C[C@@H](C)NC[C@H](O)c2ccc(O)c3[nH]c(=O)ccc23)cc1.O=S(=O)(O)O. The van der Waals surface area contributed by atoms with Gasteiger partial charge in [0.2, 0.25) is 5.56 Å². The zero-order chi connectivity index (χ0) is 23.9. The average molecular weight is 467 g/mol. The Bertz CT molecular complexity index is 1180. The van der Waals surface area contributed by atoms with Gasteiger partial charge in [-0.3, -0.25) is 13.9 Å². The van der Waals surface area contributed by atoms with E-state index in [2.05, 4.69) is 17.2 Å². The molecule has 0 saturated heterocycles. The molecule has 0 amide bonds. The van der Waals surface area contributed by atoms with E-state index < -0.39 is 16.5 Å². The van der Waals surface area contributed by atoms with E-state index in [-0.39, 0.29) is 17.4 Å². The van der Waals surface area contributed by atoms with E-state index in [4.69, 9.17) is 22.3 Å². The second-order valence-electron chi connectivity index (χ2n) is 7.11. The van der Waals surface area contributed by atoms with Crippen molar-refractivity contribution in [1.29, 1.82) is 0 Å². The lowest BCUT2D eigenvalue weighted by Crippen LogP contribution is -2.32. The number of ether oxygens (including phenoxy) is 1. The molecule has 0 aliphatic carbocycles. The van der Waals surface area contributed by atoms with Gasteiger partial charge < -0.3 is 25.3 Å². The van der Waals surface area contributed by atoms with Crippen molar-refractivity contribution < 1.29 is 32.5 Å². The molecule has 1 heterocycles. The van der Waals surface area contributed by atoms with E-state index in [1.165, 1.54) is 17.7 Å². The van der Waals surface area contributed by atoms with Crippen molar-refractivity contribution in [2.24, 2.45) is 0 Å². The summed E-state index contributed by atoms with van der Waals surface area (Å²) in [6.07, 6.45) is 0.0534. The van der Waals surface area contributed by atoms with Crippen LogP contribution >= 0.6 is 0 Å². The second-order valence-corrected chi connectivity index (χ2v) is 8.01. The maximum Gasteiger partial charge on any atom is 0.394 e. The topological polar surface area (TPSA) is 169 Å². The number of pyridine rings is 1.